The van der Waals surface area contributed by atoms with Gasteiger partial charge in [-0.15, -0.1) is 0 Å². The van der Waals surface area contributed by atoms with Crippen molar-refractivity contribution in [1.82, 2.24) is 20.3 Å². The monoisotopic (exact) mass is 397 g/mol. The molecule has 2 aromatic rings. The van der Waals surface area contributed by atoms with Crippen molar-refractivity contribution >= 4 is 5.96 Å². The minimum atomic E-state index is 0.172. The first-order valence-corrected chi connectivity index (χ1v) is 10.2. The summed E-state index contributed by atoms with van der Waals surface area (Å²) in [7, 11) is 1.87. The zero-order chi connectivity index (χ0) is 19.7. The van der Waals surface area contributed by atoms with Crippen LogP contribution in [-0.2, 0) is 12.0 Å². The van der Waals surface area contributed by atoms with Gasteiger partial charge in [0.2, 0.25) is 6.79 Å². The summed E-state index contributed by atoms with van der Waals surface area (Å²) < 4.78 is 15.9. The number of aliphatic imine (C=N–C) groups is 1. The minimum absolute atomic E-state index is 0.172. The van der Waals surface area contributed by atoms with Crippen molar-refractivity contribution in [1.29, 1.82) is 0 Å². The highest BCUT2D eigenvalue weighted by Gasteiger charge is 2.45. The molecule has 2 aliphatic heterocycles. The van der Waals surface area contributed by atoms with Crippen LogP contribution in [0.5, 0.6) is 11.5 Å². The number of hydrogen-bond acceptors (Lipinski definition) is 6. The van der Waals surface area contributed by atoms with Crippen LogP contribution < -0.4 is 14.8 Å². The number of nitrogens with zero attached hydrogens (tertiary/aromatic N) is 4. The lowest BCUT2D eigenvalue weighted by atomic mass is 9.95. The zero-order valence-electron chi connectivity index (χ0n) is 16.8. The van der Waals surface area contributed by atoms with Gasteiger partial charge in [-0.05, 0) is 30.5 Å². The molecule has 0 unspecified atom stereocenters. The van der Waals surface area contributed by atoms with Gasteiger partial charge in [-0.25, -0.2) is 0 Å². The Kier molecular flexibility index (Phi) is 4.79. The lowest BCUT2D eigenvalue weighted by Crippen LogP contribution is -2.53. The van der Waals surface area contributed by atoms with Crippen LogP contribution >= 0.6 is 0 Å². The number of piperazine rings is 1. The van der Waals surface area contributed by atoms with Gasteiger partial charge in [-0.3, -0.25) is 9.89 Å². The summed E-state index contributed by atoms with van der Waals surface area (Å²) in [6.07, 6.45) is 4.00. The van der Waals surface area contributed by atoms with Crippen LogP contribution in [0.2, 0.25) is 0 Å². The van der Waals surface area contributed by atoms with Crippen LogP contribution in [0.3, 0.4) is 0 Å². The third-order valence-electron chi connectivity index (χ3n) is 6.18. The molecule has 3 heterocycles. The van der Waals surface area contributed by atoms with E-state index >= 15 is 0 Å². The molecule has 154 valence electrons. The second-order valence-corrected chi connectivity index (χ2v) is 8.00. The molecular formula is C21H27N5O3. The third kappa shape index (κ3) is 3.76. The van der Waals surface area contributed by atoms with E-state index in [4.69, 9.17) is 14.0 Å². The highest BCUT2D eigenvalue weighted by molar-refractivity contribution is 5.80. The molecule has 8 heteroatoms. The van der Waals surface area contributed by atoms with Crippen LogP contribution in [0.15, 0.2) is 40.0 Å². The smallest absolute Gasteiger partial charge is 0.231 e. The Morgan fingerprint density at radius 2 is 1.97 bits per heavy atom. The van der Waals surface area contributed by atoms with E-state index in [9.17, 15) is 0 Å². The Labute approximate surface area is 170 Å². The summed E-state index contributed by atoms with van der Waals surface area (Å²) in [5, 5.41) is 7.64. The summed E-state index contributed by atoms with van der Waals surface area (Å²) in [4.78, 5) is 9.28. The molecular weight excluding hydrogens is 370 g/mol. The number of guanidine groups is 1. The lowest BCUT2D eigenvalue weighted by Gasteiger charge is -2.36. The summed E-state index contributed by atoms with van der Waals surface area (Å²) in [5.74, 6) is 2.69. The first-order chi connectivity index (χ1) is 14.3. The van der Waals surface area contributed by atoms with Crippen molar-refractivity contribution in [2.24, 2.45) is 4.99 Å². The average Bonchev–Trinajstić information content (AvgIpc) is 3.14. The Morgan fingerprint density at radius 1 is 1.14 bits per heavy atom. The summed E-state index contributed by atoms with van der Waals surface area (Å²) in [5.41, 5.74) is 2.48. The molecule has 0 spiro atoms. The first-order valence-electron chi connectivity index (χ1n) is 10.2. The van der Waals surface area contributed by atoms with Gasteiger partial charge in [0.25, 0.3) is 0 Å². The van der Waals surface area contributed by atoms with E-state index < -0.39 is 0 Å². The quantitative estimate of drug-likeness (QED) is 0.609. The Bertz CT molecular complexity index is 870. The van der Waals surface area contributed by atoms with Crippen molar-refractivity contribution in [3.05, 3.63) is 41.8 Å². The third-order valence-corrected chi connectivity index (χ3v) is 6.18. The van der Waals surface area contributed by atoms with E-state index in [0.29, 0.717) is 6.79 Å². The SMILES string of the molecule is CN=C(NCC1(c2ccc3c(c2)OCO3)CC1)N1CCN(Cc2ccon2)CC1. The molecule has 2 fully saturated rings. The highest BCUT2D eigenvalue weighted by atomic mass is 16.7. The van der Waals surface area contributed by atoms with Crippen molar-refractivity contribution in [3.63, 3.8) is 0 Å². The maximum Gasteiger partial charge on any atom is 0.231 e. The predicted octanol–water partition coefficient (Wildman–Crippen LogP) is 1.83. The molecule has 1 aromatic heterocycles. The molecule has 1 N–H and O–H groups in total. The van der Waals surface area contributed by atoms with Gasteiger partial charge >= 0.3 is 0 Å². The normalized spacial score (nSPS) is 20.7. The maximum atomic E-state index is 5.56. The highest BCUT2D eigenvalue weighted by Crippen LogP contribution is 2.49. The largest absolute Gasteiger partial charge is 0.454 e. The van der Waals surface area contributed by atoms with Crippen molar-refractivity contribution in [3.8, 4) is 11.5 Å². The second kappa shape index (κ2) is 7.59. The maximum absolute atomic E-state index is 5.56. The minimum Gasteiger partial charge on any atom is -0.454 e. The van der Waals surface area contributed by atoms with Crippen molar-refractivity contribution < 1.29 is 14.0 Å². The molecule has 29 heavy (non-hydrogen) atoms. The van der Waals surface area contributed by atoms with Crippen LogP contribution in [0.4, 0.5) is 0 Å². The van der Waals surface area contributed by atoms with Crippen LogP contribution in [-0.4, -0.2) is 67.5 Å². The van der Waals surface area contributed by atoms with Crippen LogP contribution in [0, 0.1) is 0 Å². The predicted molar refractivity (Wildman–Crippen MR) is 108 cm³/mol. The topological polar surface area (TPSA) is 75.4 Å². The number of ether oxygens (including phenoxy) is 2. The molecule has 1 saturated carbocycles. The molecule has 0 amide bonds. The molecule has 8 nitrogen and oxygen atoms in total. The van der Waals surface area contributed by atoms with Gasteiger partial charge < -0.3 is 24.2 Å². The molecule has 0 radical (unpaired) electrons. The molecule has 1 aromatic carbocycles. The van der Waals surface area contributed by atoms with E-state index in [1.807, 2.05) is 19.2 Å². The van der Waals surface area contributed by atoms with E-state index in [1.54, 1.807) is 6.26 Å². The van der Waals surface area contributed by atoms with Gasteiger partial charge in [0.05, 0.1) is 5.69 Å². The molecule has 5 rings (SSSR count). The fourth-order valence-electron chi connectivity index (χ4n) is 4.19. The number of rotatable bonds is 5. The van der Waals surface area contributed by atoms with E-state index in [0.717, 1.165) is 62.4 Å². The summed E-state index contributed by atoms with van der Waals surface area (Å²) in [6, 6.07) is 8.27. The van der Waals surface area contributed by atoms with Gasteiger partial charge in [-0.2, -0.15) is 0 Å². The molecule has 1 aliphatic carbocycles. The second-order valence-electron chi connectivity index (χ2n) is 8.00. The molecule has 1 saturated heterocycles. The zero-order valence-corrected chi connectivity index (χ0v) is 16.8. The lowest BCUT2D eigenvalue weighted by molar-refractivity contribution is 0.169. The van der Waals surface area contributed by atoms with Gasteiger partial charge in [0.15, 0.2) is 17.5 Å². The van der Waals surface area contributed by atoms with Crippen molar-refractivity contribution in [2.45, 2.75) is 24.8 Å². The van der Waals surface area contributed by atoms with E-state index in [-0.39, 0.29) is 5.41 Å². The number of benzene rings is 1. The number of nitrogens with one attached hydrogen (secondary N) is 1. The van der Waals surface area contributed by atoms with Crippen LogP contribution in [0.25, 0.3) is 0 Å². The molecule has 3 aliphatic rings. The first kappa shape index (κ1) is 18.3. The van der Waals surface area contributed by atoms with Crippen molar-refractivity contribution in [2.75, 3.05) is 46.6 Å². The molecule has 0 atom stereocenters. The molecule has 0 bridgehead atoms. The number of aromatic nitrogens is 1. The Morgan fingerprint density at radius 3 is 2.69 bits per heavy atom. The van der Waals surface area contributed by atoms with E-state index in [2.05, 4.69) is 37.4 Å². The number of hydrogen-bond donors (Lipinski definition) is 1. The fraction of sp³-hybridized carbons (Fsp3) is 0.524. The van der Waals surface area contributed by atoms with Gasteiger partial charge in [-0.1, -0.05) is 11.2 Å². The van der Waals surface area contributed by atoms with Gasteiger partial charge in [0, 0.05) is 57.8 Å². The van der Waals surface area contributed by atoms with Gasteiger partial charge in [0.1, 0.15) is 6.26 Å². The summed E-state index contributed by atoms with van der Waals surface area (Å²) >= 11 is 0. The standard InChI is InChI=1S/C21H27N5O3/c1-22-20(26-9-7-25(8-10-26)13-17-4-11-29-24-17)23-14-21(5-6-21)16-2-3-18-19(12-16)28-15-27-18/h2-4,11-12H,5-10,13-15H2,1H3,(H,22,23). The average molecular weight is 397 g/mol. The van der Waals surface area contributed by atoms with E-state index in [1.165, 1.54) is 18.4 Å². The summed E-state index contributed by atoms with van der Waals surface area (Å²) in [6.45, 7) is 5.92. The fourth-order valence-corrected chi connectivity index (χ4v) is 4.19. The Balaban J connectivity index is 1.16. The number of fused-ring (bicyclic) bond motifs is 1. The Hall–Kier alpha value is -2.74. The van der Waals surface area contributed by atoms with Crippen LogP contribution in [0.1, 0.15) is 24.1 Å².